The van der Waals surface area contributed by atoms with Crippen molar-refractivity contribution in [2.24, 2.45) is 0 Å². The van der Waals surface area contributed by atoms with Crippen LogP contribution in [0.4, 0.5) is 5.69 Å². The van der Waals surface area contributed by atoms with E-state index in [2.05, 4.69) is 28.1 Å². The van der Waals surface area contributed by atoms with E-state index >= 15 is 0 Å². The number of rotatable bonds is 4. The van der Waals surface area contributed by atoms with Crippen LogP contribution in [0.2, 0.25) is 0 Å². The molecule has 0 radical (unpaired) electrons. The Hall–Kier alpha value is -2.92. The predicted molar refractivity (Wildman–Crippen MR) is 110 cm³/mol. The van der Waals surface area contributed by atoms with E-state index in [9.17, 15) is 4.79 Å². The maximum absolute atomic E-state index is 11.1. The van der Waals surface area contributed by atoms with Gasteiger partial charge in [0.1, 0.15) is 5.75 Å². The third-order valence-corrected chi connectivity index (χ3v) is 4.92. The quantitative estimate of drug-likeness (QED) is 0.690. The zero-order valence-electron chi connectivity index (χ0n) is 14.9. The first kappa shape index (κ1) is 18.9. The molecule has 0 bridgehead atoms. The molecule has 0 saturated carbocycles. The van der Waals surface area contributed by atoms with E-state index in [1.54, 1.807) is 19.2 Å². The molecule has 4 rings (SSSR count). The minimum atomic E-state index is -0.907. The van der Waals surface area contributed by atoms with Gasteiger partial charge in [-0.2, -0.15) is 0 Å². The fraction of sp³-hybridized carbons (Fsp3) is 0.190. The molecule has 2 aromatic carbocycles. The number of carboxylic acid groups (broad SMARTS) is 1. The smallest absolute Gasteiger partial charge is 0.335 e. The third kappa shape index (κ3) is 3.64. The maximum atomic E-state index is 11.1. The number of methoxy groups -OCH3 is 1. The Bertz CT molecular complexity index is 992. The van der Waals surface area contributed by atoms with Gasteiger partial charge >= 0.3 is 5.97 Å². The van der Waals surface area contributed by atoms with Crippen molar-refractivity contribution in [3.8, 4) is 5.75 Å². The molecular formula is C21H21ClN2O3. The number of nitrogens with zero attached hydrogens (tertiary/aromatic N) is 1. The number of hydrogen-bond acceptors (Lipinski definition) is 3. The van der Waals surface area contributed by atoms with Gasteiger partial charge in [0.05, 0.1) is 12.7 Å². The van der Waals surface area contributed by atoms with Gasteiger partial charge in [0.25, 0.3) is 0 Å². The normalized spacial score (nSPS) is 13.8. The van der Waals surface area contributed by atoms with E-state index in [1.807, 2.05) is 24.4 Å². The second-order valence-electron chi connectivity index (χ2n) is 6.39. The molecule has 0 spiro atoms. The van der Waals surface area contributed by atoms with Crippen molar-refractivity contribution in [1.82, 2.24) is 4.98 Å². The second kappa shape index (κ2) is 7.76. The number of ether oxygens (including phenoxy) is 1. The molecule has 2 heterocycles. The largest absolute Gasteiger partial charge is 0.497 e. The summed E-state index contributed by atoms with van der Waals surface area (Å²) in [4.78, 5) is 16.7. The van der Waals surface area contributed by atoms with Crippen LogP contribution in [-0.4, -0.2) is 36.3 Å². The molecule has 1 aliphatic rings. The van der Waals surface area contributed by atoms with Crippen molar-refractivity contribution in [2.45, 2.75) is 6.42 Å². The van der Waals surface area contributed by atoms with E-state index < -0.39 is 5.97 Å². The van der Waals surface area contributed by atoms with Crippen LogP contribution in [0.15, 0.2) is 54.7 Å². The number of carbonyl (C=O) groups is 1. The lowest BCUT2D eigenvalue weighted by molar-refractivity contribution is 0.0697. The number of aromatic carboxylic acids is 1. The molecule has 5 nitrogen and oxygen atoms in total. The van der Waals surface area contributed by atoms with Gasteiger partial charge in [-0.1, -0.05) is 12.1 Å². The van der Waals surface area contributed by atoms with Gasteiger partial charge in [0, 0.05) is 41.4 Å². The number of halogens is 1. The fourth-order valence-corrected chi connectivity index (χ4v) is 3.47. The van der Waals surface area contributed by atoms with Gasteiger partial charge in [-0.05, 0) is 48.4 Å². The lowest BCUT2D eigenvalue weighted by atomic mass is 9.98. The standard InChI is InChI=1S/C21H20N2O3.ClH/c1-26-17-5-3-16(4-6-17)23-10-8-14(9-11-23)19-13-22-20-12-15(21(24)25)2-7-18(19)20;/h2-8,12-13,22H,9-11H2,1H3,(H,24,25);1H. The van der Waals surface area contributed by atoms with Crippen LogP contribution in [0, 0.1) is 0 Å². The van der Waals surface area contributed by atoms with Crippen LogP contribution in [0.25, 0.3) is 16.5 Å². The second-order valence-corrected chi connectivity index (χ2v) is 6.39. The molecule has 0 atom stereocenters. The molecule has 1 aromatic heterocycles. The summed E-state index contributed by atoms with van der Waals surface area (Å²) in [5, 5.41) is 10.2. The average molecular weight is 385 g/mol. The molecule has 6 heteroatoms. The molecule has 0 amide bonds. The summed E-state index contributed by atoms with van der Waals surface area (Å²) in [5.74, 6) is -0.0448. The van der Waals surface area contributed by atoms with E-state index in [4.69, 9.17) is 9.84 Å². The number of anilines is 1. The zero-order chi connectivity index (χ0) is 18.1. The van der Waals surface area contributed by atoms with Crippen LogP contribution in [-0.2, 0) is 0 Å². The average Bonchev–Trinajstić information content (AvgIpc) is 3.11. The summed E-state index contributed by atoms with van der Waals surface area (Å²) in [6, 6.07) is 13.4. The van der Waals surface area contributed by atoms with Crippen LogP contribution in [0.1, 0.15) is 22.3 Å². The van der Waals surface area contributed by atoms with Crippen molar-refractivity contribution in [3.05, 3.63) is 65.9 Å². The first-order valence-corrected chi connectivity index (χ1v) is 8.58. The molecular weight excluding hydrogens is 364 g/mol. The number of H-pyrrole nitrogens is 1. The highest BCUT2D eigenvalue weighted by molar-refractivity contribution is 5.98. The molecule has 140 valence electrons. The van der Waals surface area contributed by atoms with E-state index in [1.165, 1.54) is 11.3 Å². The van der Waals surface area contributed by atoms with Gasteiger partial charge in [0.15, 0.2) is 0 Å². The summed E-state index contributed by atoms with van der Waals surface area (Å²) < 4.78 is 5.22. The van der Waals surface area contributed by atoms with E-state index in [0.717, 1.165) is 41.7 Å². The lowest BCUT2D eigenvalue weighted by Gasteiger charge is -2.28. The maximum Gasteiger partial charge on any atom is 0.335 e. The summed E-state index contributed by atoms with van der Waals surface area (Å²) in [6.45, 7) is 1.79. The van der Waals surface area contributed by atoms with Gasteiger partial charge < -0.3 is 19.7 Å². The van der Waals surface area contributed by atoms with Crippen LogP contribution in [0.5, 0.6) is 5.75 Å². The number of carboxylic acids is 1. The van der Waals surface area contributed by atoms with Crippen molar-refractivity contribution in [2.75, 3.05) is 25.1 Å². The van der Waals surface area contributed by atoms with Crippen LogP contribution < -0.4 is 9.64 Å². The Balaban J connectivity index is 0.00000210. The summed E-state index contributed by atoms with van der Waals surface area (Å²) in [7, 11) is 1.67. The SMILES string of the molecule is COc1ccc(N2CC=C(c3c[nH]c4cc(C(=O)O)ccc34)CC2)cc1.Cl. The van der Waals surface area contributed by atoms with E-state index in [-0.39, 0.29) is 12.4 Å². The Kier molecular flexibility index (Phi) is 5.42. The van der Waals surface area contributed by atoms with Crippen molar-refractivity contribution >= 4 is 40.5 Å². The summed E-state index contributed by atoms with van der Waals surface area (Å²) in [5.41, 5.74) is 4.80. The number of benzene rings is 2. The number of hydrogen-bond donors (Lipinski definition) is 2. The third-order valence-electron chi connectivity index (χ3n) is 4.92. The monoisotopic (exact) mass is 384 g/mol. The Labute approximate surface area is 163 Å². The number of aromatic amines is 1. The topological polar surface area (TPSA) is 65.6 Å². The van der Waals surface area contributed by atoms with Gasteiger partial charge in [-0.25, -0.2) is 4.79 Å². The molecule has 0 saturated heterocycles. The highest BCUT2D eigenvalue weighted by Crippen LogP contribution is 2.31. The Morgan fingerprint density at radius 2 is 1.96 bits per heavy atom. The number of fused-ring (bicyclic) bond motifs is 1. The minimum Gasteiger partial charge on any atom is -0.497 e. The van der Waals surface area contributed by atoms with Crippen molar-refractivity contribution in [1.29, 1.82) is 0 Å². The molecule has 0 aliphatic carbocycles. The van der Waals surface area contributed by atoms with Gasteiger partial charge in [-0.3, -0.25) is 0 Å². The molecule has 3 aromatic rings. The molecule has 1 aliphatic heterocycles. The first-order valence-electron chi connectivity index (χ1n) is 8.58. The highest BCUT2D eigenvalue weighted by Gasteiger charge is 2.16. The molecule has 0 fully saturated rings. The van der Waals surface area contributed by atoms with E-state index in [0.29, 0.717) is 5.56 Å². The highest BCUT2D eigenvalue weighted by atomic mass is 35.5. The Morgan fingerprint density at radius 3 is 2.59 bits per heavy atom. The summed E-state index contributed by atoms with van der Waals surface area (Å²) in [6.07, 6.45) is 5.17. The lowest BCUT2D eigenvalue weighted by Crippen LogP contribution is -2.28. The molecule has 27 heavy (non-hydrogen) atoms. The van der Waals surface area contributed by atoms with Gasteiger partial charge in [-0.15, -0.1) is 12.4 Å². The van der Waals surface area contributed by atoms with Crippen LogP contribution >= 0.6 is 12.4 Å². The van der Waals surface area contributed by atoms with Crippen LogP contribution in [0.3, 0.4) is 0 Å². The number of aromatic nitrogens is 1. The van der Waals surface area contributed by atoms with Gasteiger partial charge in [0.2, 0.25) is 0 Å². The molecule has 0 unspecified atom stereocenters. The summed E-state index contributed by atoms with van der Waals surface area (Å²) >= 11 is 0. The minimum absolute atomic E-state index is 0. The van der Waals surface area contributed by atoms with Crippen molar-refractivity contribution < 1.29 is 14.6 Å². The van der Waals surface area contributed by atoms with Crippen molar-refractivity contribution in [3.63, 3.8) is 0 Å². The zero-order valence-corrected chi connectivity index (χ0v) is 15.8. The first-order chi connectivity index (χ1) is 12.7. The molecule has 2 N–H and O–H groups in total. The Morgan fingerprint density at radius 1 is 1.19 bits per heavy atom. The number of nitrogens with one attached hydrogen (secondary N) is 1. The fourth-order valence-electron chi connectivity index (χ4n) is 3.47. The predicted octanol–water partition coefficient (Wildman–Crippen LogP) is 4.59.